The molecule has 8 heteroatoms. The lowest BCUT2D eigenvalue weighted by Crippen LogP contribution is -2.61. The molecule has 1 aliphatic heterocycles. The van der Waals surface area contributed by atoms with Crippen LogP contribution in [-0.2, 0) is 15.0 Å². The first-order valence-corrected chi connectivity index (χ1v) is 8.07. The van der Waals surface area contributed by atoms with Crippen molar-refractivity contribution in [3.05, 3.63) is 0 Å². The summed E-state index contributed by atoms with van der Waals surface area (Å²) in [7, 11) is -3.61. The summed E-state index contributed by atoms with van der Waals surface area (Å²) >= 11 is 0. The Morgan fingerprint density at radius 1 is 1.47 bits per heavy atom. The van der Waals surface area contributed by atoms with Crippen LogP contribution in [0.15, 0.2) is 0 Å². The van der Waals surface area contributed by atoms with Crippen LogP contribution in [0, 0.1) is 5.92 Å². The van der Waals surface area contributed by atoms with Crippen molar-refractivity contribution < 1.29 is 13.2 Å². The highest BCUT2D eigenvalue weighted by atomic mass is 32.2. The van der Waals surface area contributed by atoms with Gasteiger partial charge in [0.25, 0.3) is 10.2 Å². The first kappa shape index (κ1) is 16.4. The smallest absolute Gasteiger partial charge is 0.280 e. The van der Waals surface area contributed by atoms with E-state index in [9.17, 15) is 13.2 Å². The Hall–Kier alpha value is -0.700. The number of likely N-dealkylation sites (N-methyl/N-ethyl adjacent to an activating group) is 1. The van der Waals surface area contributed by atoms with Crippen molar-refractivity contribution in [3.8, 4) is 0 Å². The molecule has 3 N–H and O–H groups in total. The Morgan fingerprint density at radius 2 is 2.16 bits per heavy atom. The SMILES string of the molecule is CCNC(=O)C1CNCCN1S(=O)(=O)NCC(C)C. The van der Waals surface area contributed by atoms with E-state index in [-0.39, 0.29) is 11.8 Å². The van der Waals surface area contributed by atoms with Gasteiger partial charge in [0.05, 0.1) is 0 Å². The Balaban J connectivity index is 2.78. The fraction of sp³-hybridized carbons (Fsp3) is 0.909. The van der Waals surface area contributed by atoms with Gasteiger partial charge in [-0.3, -0.25) is 4.79 Å². The summed E-state index contributed by atoms with van der Waals surface area (Å²) in [5.41, 5.74) is 0. The van der Waals surface area contributed by atoms with Gasteiger partial charge in [0.15, 0.2) is 0 Å². The first-order chi connectivity index (χ1) is 8.88. The Bertz CT molecular complexity index is 397. The zero-order valence-corrected chi connectivity index (χ0v) is 12.6. The van der Waals surface area contributed by atoms with Crippen molar-refractivity contribution in [2.75, 3.05) is 32.7 Å². The van der Waals surface area contributed by atoms with Crippen LogP contribution >= 0.6 is 0 Å². The standard InChI is InChI=1S/C11H24N4O3S/c1-4-13-11(16)10-8-12-5-6-15(10)19(17,18)14-7-9(2)3/h9-10,12,14H,4-8H2,1-3H3,(H,13,16). The molecule has 1 heterocycles. The molecule has 1 fully saturated rings. The van der Waals surface area contributed by atoms with Gasteiger partial charge in [0.1, 0.15) is 6.04 Å². The molecule has 1 aliphatic rings. The summed E-state index contributed by atoms with van der Waals surface area (Å²) in [5.74, 6) is -0.0368. The number of carbonyl (C=O) groups is 1. The first-order valence-electron chi connectivity index (χ1n) is 6.63. The molecule has 0 spiro atoms. The monoisotopic (exact) mass is 292 g/mol. The molecule has 0 bridgehead atoms. The fourth-order valence-electron chi connectivity index (χ4n) is 1.84. The van der Waals surface area contributed by atoms with Crippen LogP contribution in [0.3, 0.4) is 0 Å². The maximum Gasteiger partial charge on any atom is 0.280 e. The van der Waals surface area contributed by atoms with Gasteiger partial charge in [0.2, 0.25) is 5.91 Å². The predicted molar refractivity (Wildman–Crippen MR) is 73.8 cm³/mol. The summed E-state index contributed by atoms with van der Waals surface area (Å²) in [5, 5.41) is 5.72. The van der Waals surface area contributed by atoms with E-state index >= 15 is 0 Å². The molecular formula is C11H24N4O3S. The molecule has 0 radical (unpaired) electrons. The number of hydrogen-bond donors (Lipinski definition) is 3. The highest BCUT2D eigenvalue weighted by Gasteiger charge is 2.36. The molecule has 0 aromatic rings. The summed E-state index contributed by atoms with van der Waals surface area (Å²) in [6.07, 6.45) is 0. The maximum atomic E-state index is 12.2. The number of carbonyl (C=O) groups excluding carboxylic acids is 1. The molecule has 1 unspecified atom stereocenters. The van der Waals surface area contributed by atoms with E-state index in [1.165, 1.54) is 4.31 Å². The fourth-order valence-corrected chi connectivity index (χ4v) is 3.39. The van der Waals surface area contributed by atoms with E-state index < -0.39 is 16.3 Å². The second-order valence-electron chi connectivity index (χ2n) is 4.97. The van der Waals surface area contributed by atoms with Crippen molar-refractivity contribution >= 4 is 16.1 Å². The normalized spacial score (nSPS) is 21.6. The van der Waals surface area contributed by atoms with Crippen molar-refractivity contribution in [1.29, 1.82) is 0 Å². The summed E-state index contributed by atoms with van der Waals surface area (Å²) < 4.78 is 28.2. The molecule has 1 atom stereocenters. The van der Waals surface area contributed by atoms with Crippen molar-refractivity contribution in [1.82, 2.24) is 19.7 Å². The summed E-state index contributed by atoms with van der Waals surface area (Å²) in [6, 6.07) is -0.682. The van der Waals surface area contributed by atoms with E-state index in [0.717, 1.165) is 0 Å². The summed E-state index contributed by atoms with van der Waals surface area (Å²) in [4.78, 5) is 11.9. The van der Waals surface area contributed by atoms with E-state index in [4.69, 9.17) is 0 Å². The predicted octanol–water partition coefficient (Wildman–Crippen LogP) is -1.11. The number of nitrogens with zero attached hydrogens (tertiary/aromatic N) is 1. The van der Waals surface area contributed by atoms with E-state index in [2.05, 4.69) is 15.4 Å². The molecule has 0 aromatic carbocycles. The molecule has 112 valence electrons. The minimum Gasteiger partial charge on any atom is -0.355 e. The lowest BCUT2D eigenvalue weighted by atomic mass is 10.2. The Morgan fingerprint density at radius 3 is 2.74 bits per heavy atom. The van der Waals surface area contributed by atoms with E-state index in [0.29, 0.717) is 32.7 Å². The van der Waals surface area contributed by atoms with Crippen LogP contribution in [-0.4, -0.2) is 57.4 Å². The van der Waals surface area contributed by atoms with Crippen LogP contribution < -0.4 is 15.4 Å². The maximum absolute atomic E-state index is 12.2. The third-order valence-electron chi connectivity index (χ3n) is 2.83. The molecule has 0 aliphatic carbocycles. The number of nitrogens with one attached hydrogen (secondary N) is 3. The minimum absolute atomic E-state index is 0.223. The molecule has 0 aromatic heterocycles. The van der Waals surface area contributed by atoms with Crippen molar-refractivity contribution in [2.45, 2.75) is 26.8 Å². The minimum atomic E-state index is -3.61. The quantitative estimate of drug-likeness (QED) is 0.579. The topological polar surface area (TPSA) is 90.5 Å². The van der Waals surface area contributed by atoms with Gasteiger partial charge < -0.3 is 10.6 Å². The van der Waals surface area contributed by atoms with Gasteiger partial charge in [-0.1, -0.05) is 13.8 Å². The zero-order chi connectivity index (χ0) is 14.5. The average Bonchev–Trinajstić information content (AvgIpc) is 2.37. The van der Waals surface area contributed by atoms with Gasteiger partial charge in [-0.2, -0.15) is 12.7 Å². The van der Waals surface area contributed by atoms with Gasteiger partial charge in [0, 0.05) is 32.7 Å². The van der Waals surface area contributed by atoms with Crippen LogP contribution in [0.4, 0.5) is 0 Å². The molecule has 19 heavy (non-hydrogen) atoms. The van der Waals surface area contributed by atoms with Crippen molar-refractivity contribution in [3.63, 3.8) is 0 Å². The Kier molecular flexibility index (Phi) is 6.18. The summed E-state index contributed by atoms with van der Waals surface area (Å²) in [6.45, 7) is 7.73. The van der Waals surface area contributed by atoms with Gasteiger partial charge in [-0.15, -0.1) is 0 Å². The Labute approximate surface area is 115 Å². The number of amides is 1. The van der Waals surface area contributed by atoms with Gasteiger partial charge in [-0.05, 0) is 12.8 Å². The second-order valence-corrected chi connectivity index (χ2v) is 6.68. The molecule has 7 nitrogen and oxygen atoms in total. The van der Waals surface area contributed by atoms with Crippen molar-refractivity contribution in [2.24, 2.45) is 5.92 Å². The molecule has 1 rings (SSSR count). The van der Waals surface area contributed by atoms with Gasteiger partial charge >= 0.3 is 0 Å². The van der Waals surface area contributed by atoms with E-state index in [1.54, 1.807) is 0 Å². The third-order valence-corrected chi connectivity index (χ3v) is 4.42. The lowest BCUT2D eigenvalue weighted by molar-refractivity contribution is -0.125. The number of hydrogen-bond acceptors (Lipinski definition) is 4. The lowest BCUT2D eigenvalue weighted by Gasteiger charge is -2.34. The van der Waals surface area contributed by atoms with Crippen LogP contribution in [0.5, 0.6) is 0 Å². The van der Waals surface area contributed by atoms with Gasteiger partial charge in [-0.25, -0.2) is 4.72 Å². The molecular weight excluding hydrogens is 268 g/mol. The number of rotatable bonds is 6. The second kappa shape index (κ2) is 7.18. The largest absolute Gasteiger partial charge is 0.355 e. The number of piperazine rings is 1. The molecule has 1 saturated heterocycles. The average molecular weight is 292 g/mol. The third kappa shape index (κ3) is 4.72. The van der Waals surface area contributed by atoms with Crippen LogP contribution in [0.25, 0.3) is 0 Å². The highest BCUT2D eigenvalue weighted by Crippen LogP contribution is 2.09. The van der Waals surface area contributed by atoms with E-state index in [1.807, 2.05) is 20.8 Å². The molecule has 0 saturated carbocycles. The van der Waals surface area contributed by atoms with Crippen LogP contribution in [0.1, 0.15) is 20.8 Å². The highest BCUT2D eigenvalue weighted by molar-refractivity contribution is 7.87. The molecule has 1 amide bonds. The zero-order valence-electron chi connectivity index (χ0n) is 11.8. The van der Waals surface area contributed by atoms with Crippen LogP contribution in [0.2, 0.25) is 0 Å².